The number of thioether (sulfide) groups is 1. The Morgan fingerprint density at radius 3 is 2.53 bits per heavy atom. The number of carbonyl (C=O) groups excluding carboxylic acids is 1. The summed E-state index contributed by atoms with van der Waals surface area (Å²) in [5, 5.41) is 10.5. The highest BCUT2D eigenvalue weighted by molar-refractivity contribution is 8.00. The Kier molecular flexibility index (Phi) is 5.26. The van der Waals surface area contributed by atoms with Crippen LogP contribution in [-0.2, 0) is 0 Å². The molecule has 8 heteroatoms. The summed E-state index contributed by atoms with van der Waals surface area (Å²) in [4.78, 5) is 30.2. The zero-order valence-electron chi connectivity index (χ0n) is 20.0. The minimum absolute atomic E-state index is 0.00112. The van der Waals surface area contributed by atoms with Crippen molar-refractivity contribution in [3.05, 3.63) is 100.0 Å². The second kappa shape index (κ2) is 8.49. The number of aromatic amines is 1. The van der Waals surface area contributed by atoms with Gasteiger partial charge in [0.1, 0.15) is 0 Å². The highest BCUT2D eigenvalue weighted by Crippen LogP contribution is 2.30. The Labute approximate surface area is 210 Å². The first kappa shape index (κ1) is 22.3. The van der Waals surface area contributed by atoms with Crippen LogP contribution in [0.4, 0.5) is 0 Å². The molecular formula is C28H23N5O2S. The van der Waals surface area contributed by atoms with Gasteiger partial charge >= 0.3 is 0 Å². The van der Waals surface area contributed by atoms with E-state index in [1.54, 1.807) is 10.8 Å². The normalized spacial score (nSPS) is 12.5. The van der Waals surface area contributed by atoms with Gasteiger partial charge < -0.3 is 4.98 Å². The van der Waals surface area contributed by atoms with Crippen LogP contribution < -0.4 is 5.56 Å². The van der Waals surface area contributed by atoms with E-state index in [4.69, 9.17) is 0 Å². The molecule has 6 rings (SSSR count). The maximum Gasteiger partial charge on any atom is 0.267 e. The highest BCUT2D eigenvalue weighted by Gasteiger charge is 2.24. The zero-order valence-corrected chi connectivity index (χ0v) is 20.8. The van der Waals surface area contributed by atoms with E-state index in [0.717, 1.165) is 27.7 Å². The predicted octanol–water partition coefficient (Wildman–Crippen LogP) is 5.50. The SMILES string of the molecule is Cc1ccc(-n2c(=O)c3ccccc3n3c(SC(C)C(=O)c4c[nH]c5ccccc45)nnc23)c(C)c1. The van der Waals surface area contributed by atoms with Gasteiger partial charge in [-0.3, -0.25) is 14.0 Å². The van der Waals surface area contributed by atoms with Crippen LogP contribution in [0.3, 0.4) is 0 Å². The fourth-order valence-corrected chi connectivity index (χ4v) is 5.66. The average Bonchev–Trinajstić information content (AvgIpc) is 3.49. The maximum absolute atomic E-state index is 13.6. The maximum atomic E-state index is 13.6. The minimum Gasteiger partial charge on any atom is -0.360 e. The molecule has 0 aliphatic heterocycles. The number of nitrogens with one attached hydrogen (secondary N) is 1. The number of para-hydroxylation sites is 2. The smallest absolute Gasteiger partial charge is 0.267 e. The molecule has 0 radical (unpaired) electrons. The van der Waals surface area contributed by atoms with Crippen molar-refractivity contribution in [3.8, 4) is 5.69 Å². The third kappa shape index (κ3) is 3.45. The molecule has 0 amide bonds. The summed E-state index contributed by atoms with van der Waals surface area (Å²) >= 11 is 1.34. The first-order valence-corrected chi connectivity index (χ1v) is 12.6. The van der Waals surface area contributed by atoms with Crippen molar-refractivity contribution in [1.82, 2.24) is 24.1 Å². The molecule has 1 atom stereocenters. The van der Waals surface area contributed by atoms with Crippen LogP contribution in [0.1, 0.15) is 28.4 Å². The molecule has 3 heterocycles. The topological polar surface area (TPSA) is 85.0 Å². The fourth-order valence-electron chi connectivity index (χ4n) is 4.73. The van der Waals surface area contributed by atoms with Crippen molar-refractivity contribution in [3.63, 3.8) is 0 Å². The van der Waals surface area contributed by atoms with Gasteiger partial charge in [-0.15, -0.1) is 10.2 Å². The minimum atomic E-state index is -0.420. The molecule has 0 saturated heterocycles. The van der Waals surface area contributed by atoms with E-state index < -0.39 is 5.25 Å². The molecule has 0 fully saturated rings. The summed E-state index contributed by atoms with van der Waals surface area (Å²) in [6.07, 6.45) is 1.76. The van der Waals surface area contributed by atoms with E-state index in [0.29, 0.717) is 27.4 Å². The molecule has 0 saturated carbocycles. The van der Waals surface area contributed by atoms with Gasteiger partial charge in [-0.2, -0.15) is 0 Å². The van der Waals surface area contributed by atoms with E-state index in [1.165, 1.54) is 11.8 Å². The molecule has 0 aliphatic carbocycles. The van der Waals surface area contributed by atoms with Crippen molar-refractivity contribution in [2.45, 2.75) is 31.2 Å². The predicted molar refractivity (Wildman–Crippen MR) is 144 cm³/mol. The Balaban J connectivity index is 1.50. The number of Topliss-reactive ketones (excluding diaryl/α,β-unsaturated/α-hetero) is 1. The molecule has 3 aromatic heterocycles. The Hall–Kier alpha value is -4.17. The van der Waals surface area contributed by atoms with E-state index in [1.807, 2.05) is 91.9 Å². The average molecular weight is 494 g/mol. The number of hydrogen-bond donors (Lipinski definition) is 1. The number of fused-ring (bicyclic) bond motifs is 4. The summed E-state index contributed by atoms with van der Waals surface area (Å²) in [6, 6.07) is 21.2. The van der Waals surface area contributed by atoms with Crippen molar-refractivity contribution in [1.29, 1.82) is 0 Å². The fraction of sp³-hybridized carbons (Fsp3) is 0.143. The molecule has 0 aliphatic rings. The quantitative estimate of drug-likeness (QED) is 0.253. The van der Waals surface area contributed by atoms with Crippen LogP contribution in [0.2, 0.25) is 0 Å². The summed E-state index contributed by atoms with van der Waals surface area (Å²) in [6.45, 7) is 5.88. The lowest BCUT2D eigenvalue weighted by Crippen LogP contribution is -2.22. The number of aryl methyl sites for hydroxylation is 2. The Bertz CT molecular complexity index is 1860. The van der Waals surface area contributed by atoms with E-state index in [2.05, 4.69) is 15.2 Å². The molecule has 6 aromatic rings. The number of nitrogens with zero attached hydrogens (tertiary/aromatic N) is 4. The molecule has 0 bridgehead atoms. The van der Waals surface area contributed by atoms with Gasteiger partial charge in [0.2, 0.25) is 5.78 Å². The van der Waals surface area contributed by atoms with Crippen molar-refractivity contribution in [2.75, 3.05) is 0 Å². The summed E-state index contributed by atoms with van der Waals surface area (Å²) in [7, 11) is 0. The van der Waals surface area contributed by atoms with Crippen LogP contribution in [0.25, 0.3) is 33.3 Å². The Morgan fingerprint density at radius 1 is 0.972 bits per heavy atom. The molecule has 1 unspecified atom stereocenters. The van der Waals surface area contributed by atoms with Gasteiger partial charge in [-0.1, -0.05) is 59.8 Å². The summed E-state index contributed by atoms with van der Waals surface area (Å²) in [5.41, 5.74) is 4.96. The number of benzene rings is 3. The van der Waals surface area contributed by atoms with Crippen LogP contribution in [0.5, 0.6) is 0 Å². The van der Waals surface area contributed by atoms with Gasteiger partial charge in [-0.25, -0.2) is 4.57 Å². The number of aromatic nitrogens is 5. The van der Waals surface area contributed by atoms with Crippen LogP contribution >= 0.6 is 11.8 Å². The number of H-pyrrole nitrogens is 1. The molecule has 7 nitrogen and oxygen atoms in total. The zero-order chi connectivity index (χ0) is 25.0. The number of rotatable bonds is 5. The third-order valence-electron chi connectivity index (χ3n) is 6.49. The van der Waals surface area contributed by atoms with Crippen LogP contribution in [0, 0.1) is 13.8 Å². The lowest BCUT2D eigenvalue weighted by molar-refractivity contribution is 0.0995. The standard InChI is InChI=1S/C28H23N5O2S/c1-16-12-13-23(17(2)14-16)32-26(35)20-9-5-7-11-24(20)33-27(32)30-31-28(33)36-18(3)25(34)21-15-29-22-10-6-4-8-19(21)22/h4-15,18,29H,1-3H3. The van der Waals surface area contributed by atoms with Crippen LogP contribution in [-0.4, -0.2) is 35.2 Å². The summed E-state index contributed by atoms with van der Waals surface area (Å²) in [5.74, 6) is 0.418. The molecule has 36 heavy (non-hydrogen) atoms. The number of carbonyl (C=O) groups is 1. The lowest BCUT2D eigenvalue weighted by atomic mass is 10.1. The highest BCUT2D eigenvalue weighted by atomic mass is 32.2. The van der Waals surface area contributed by atoms with Gasteiger partial charge in [0, 0.05) is 22.7 Å². The van der Waals surface area contributed by atoms with Crippen molar-refractivity contribution >= 4 is 45.1 Å². The first-order valence-electron chi connectivity index (χ1n) is 11.7. The summed E-state index contributed by atoms with van der Waals surface area (Å²) < 4.78 is 3.49. The first-order chi connectivity index (χ1) is 17.4. The van der Waals surface area contributed by atoms with Gasteiger partial charge in [0.15, 0.2) is 10.9 Å². The number of hydrogen-bond acceptors (Lipinski definition) is 5. The largest absolute Gasteiger partial charge is 0.360 e. The molecule has 1 N–H and O–H groups in total. The molecular weight excluding hydrogens is 470 g/mol. The van der Waals surface area contributed by atoms with E-state index >= 15 is 0 Å². The van der Waals surface area contributed by atoms with E-state index in [9.17, 15) is 9.59 Å². The van der Waals surface area contributed by atoms with Crippen molar-refractivity contribution in [2.24, 2.45) is 0 Å². The molecule has 178 valence electrons. The van der Waals surface area contributed by atoms with E-state index in [-0.39, 0.29) is 11.3 Å². The lowest BCUT2D eigenvalue weighted by Gasteiger charge is -2.14. The number of ketones is 1. The van der Waals surface area contributed by atoms with Gasteiger partial charge in [-0.05, 0) is 50.6 Å². The molecule has 0 spiro atoms. The Morgan fingerprint density at radius 2 is 1.72 bits per heavy atom. The second-order valence-corrected chi connectivity index (χ2v) is 10.2. The second-order valence-electron chi connectivity index (χ2n) is 8.94. The third-order valence-corrected chi connectivity index (χ3v) is 7.54. The van der Waals surface area contributed by atoms with Crippen molar-refractivity contribution < 1.29 is 4.79 Å². The van der Waals surface area contributed by atoms with Gasteiger partial charge in [0.05, 0.1) is 21.8 Å². The molecule has 3 aromatic carbocycles. The van der Waals surface area contributed by atoms with Crippen LogP contribution in [0.15, 0.2) is 82.9 Å². The van der Waals surface area contributed by atoms with Gasteiger partial charge in [0.25, 0.3) is 5.56 Å². The monoisotopic (exact) mass is 493 g/mol.